The number of sulfonamides is 1. The maximum absolute atomic E-state index is 12.0. The van der Waals surface area contributed by atoms with Gasteiger partial charge in [0.15, 0.2) is 5.82 Å². The van der Waals surface area contributed by atoms with Crippen LogP contribution in [0.15, 0.2) is 23.2 Å². The SMILES string of the molecule is NNc1ncccc1S(=O)(=O)NCCCCC(N)=O. The average Bonchev–Trinajstić information content (AvgIpc) is 2.37. The molecule has 19 heavy (non-hydrogen) atoms. The number of nitrogens with zero attached hydrogens (tertiary/aromatic N) is 1. The Morgan fingerprint density at radius 1 is 1.37 bits per heavy atom. The quantitative estimate of drug-likeness (QED) is 0.283. The largest absolute Gasteiger partial charge is 0.370 e. The van der Waals surface area contributed by atoms with Crippen molar-refractivity contribution >= 4 is 21.7 Å². The normalized spacial score (nSPS) is 11.2. The molecule has 0 unspecified atom stereocenters. The van der Waals surface area contributed by atoms with Crippen molar-refractivity contribution in [3.05, 3.63) is 18.3 Å². The zero-order valence-electron chi connectivity index (χ0n) is 10.3. The van der Waals surface area contributed by atoms with E-state index < -0.39 is 15.9 Å². The van der Waals surface area contributed by atoms with Gasteiger partial charge < -0.3 is 11.2 Å². The first-order valence-corrected chi connectivity index (χ1v) is 7.15. The summed E-state index contributed by atoms with van der Waals surface area (Å²) in [5, 5.41) is 0. The molecule has 9 heteroatoms. The highest BCUT2D eigenvalue weighted by atomic mass is 32.2. The number of unbranched alkanes of at least 4 members (excludes halogenated alkanes) is 1. The van der Waals surface area contributed by atoms with E-state index in [4.69, 9.17) is 11.6 Å². The van der Waals surface area contributed by atoms with Gasteiger partial charge in [-0.05, 0) is 25.0 Å². The second kappa shape index (κ2) is 7.02. The summed E-state index contributed by atoms with van der Waals surface area (Å²) in [7, 11) is -3.67. The van der Waals surface area contributed by atoms with Gasteiger partial charge in [0, 0.05) is 19.2 Å². The minimum atomic E-state index is -3.67. The van der Waals surface area contributed by atoms with E-state index in [-0.39, 0.29) is 23.7 Å². The number of hydrogen-bond donors (Lipinski definition) is 4. The van der Waals surface area contributed by atoms with Crippen LogP contribution in [-0.2, 0) is 14.8 Å². The number of primary amides is 1. The fourth-order valence-electron chi connectivity index (χ4n) is 1.42. The molecule has 0 saturated heterocycles. The van der Waals surface area contributed by atoms with Gasteiger partial charge in [-0.3, -0.25) is 4.79 Å². The highest BCUT2D eigenvalue weighted by Crippen LogP contribution is 2.16. The molecular weight excluding hydrogens is 270 g/mol. The molecular formula is C10H17N5O3S. The number of nitrogens with two attached hydrogens (primary N) is 2. The van der Waals surface area contributed by atoms with Crippen molar-refractivity contribution in [2.75, 3.05) is 12.0 Å². The van der Waals surface area contributed by atoms with E-state index in [0.717, 1.165) is 0 Å². The van der Waals surface area contributed by atoms with Crippen molar-refractivity contribution in [1.82, 2.24) is 9.71 Å². The molecule has 1 amide bonds. The lowest BCUT2D eigenvalue weighted by atomic mass is 10.2. The number of nitrogen functional groups attached to an aromatic ring is 1. The molecule has 8 nitrogen and oxygen atoms in total. The number of amides is 1. The van der Waals surface area contributed by atoms with Crippen LogP contribution in [0.4, 0.5) is 5.82 Å². The topological polar surface area (TPSA) is 140 Å². The predicted molar refractivity (Wildman–Crippen MR) is 70.3 cm³/mol. The van der Waals surface area contributed by atoms with Gasteiger partial charge in [0.25, 0.3) is 0 Å². The summed E-state index contributed by atoms with van der Waals surface area (Å²) in [6.45, 7) is 0.217. The predicted octanol–water partition coefficient (Wildman–Crippen LogP) is -0.699. The number of pyridine rings is 1. The molecule has 0 fully saturated rings. The van der Waals surface area contributed by atoms with Gasteiger partial charge in [0.1, 0.15) is 4.90 Å². The van der Waals surface area contributed by atoms with E-state index in [1.165, 1.54) is 18.3 Å². The summed E-state index contributed by atoms with van der Waals surface area (Å²) in [4.78, 5) is 14.3. The number of hydrogen-bond acceptors (Lipinski definition) is 6. The van der Waals surface area contributed by atoms with E-state index in [0.29, 0.717) is 12.8 Å². The monoisotopic (exact) mass is 287 g/mol. The van der Waals surface area contributed by atoms with Crippen molar-refractivity contribution in [2.24, 2.45) is 11.6 Å². The fourth-order valence-corrected chi connectivity index (χ4v) is 2.62. The minimum absolute atomic E-state index is 0.0209. The lowest BCUT2D eigenvalue weighted by Crippen LogP contribution is -2.27. The minimum Gasteiger partial charge on any atom is -0.370 e. The van der Waals surface area contributed by atoms with Crippen molar-refractivity contribution in [2.45, 2.75) is 24.2 Å². The van der Waals surface area contributed by atoms with Crippen LogP contribution in [-0.4, -0.2) is 25.9 Å². The Labute approximate surface area is 111 Å². The third-order valence-corrected chi connectivity index (χ3v) is 3.83. The van der Waals surface area contributed by atoms with Crippen LogP contribution in [0, 0.1) is 0 Å². The number of anilines is 1. The molecule has 6 N–H and O–H groups in total. The number of aromatic nitrogens is 1. The Morgan fingerprint density at radius 2 is 2.11 bits per heavy atom. The van der Waals surface area contributed by atoms with Gasteiger partial charge in [-0.2, -0.15) is 0 Å². The summed E-state index contributed by atoms with van der Waals surface area (Å²) in [6.07, 6.45) is 2.73. The third-order valence-electron chi connectivity index (χ3n) is 2.34. The Balaban J connectivity index is 2.59. The number of nitrogens with one attached hydrogen (secondary N) is 2. The highest BCUT2D eigenvalue weighted by Gasteiger charge is 2.18. The van der Waals surface area contributed by atoms with E-state index in [2.05, 4.69) is 15.1 Å². The zero-order chi connectivity index (χ0) is 14.3. The van der Waals surface area contributed by atoms with Gasteiger partial charge in [-0.25, -0.2) is 24.0 Å². The van der Waals surface area contributed by atoms with Crippen LogP contribution in [0.25, 0.3) is 0 Å². The second-order valence-corrected chi connectivity index (χ2v) is 5.55. The van der Waals surface area contributed by atoms with E-state index in [1.54, 1.807) is 0 Å². The first-order chi connectivity index (χ1) is 8.97. The lowest BCUT2D eigenvalue weighted by molar-refractivity contribution is -0.118. The first kappa shape index (κ1) is 15.3. The zero-order valence-corrected chi connectivity index (χ0v) is 11.1. The fraction of sp³-hybridized carbons (Fsp3) is 0.400. The molecule has 1 aromatic rings. The van der Waals surface area contributed by atoms with E-state index in [9.17, 15) is 13.2 Å². The lowest BCUT2D eigenvalue weighted by Gasteiger charge is -2.09. The summed E-state index contributed by atoms with van der Waals surface area (Å²) < 4.78 is 26.3. The third kappa shape index (κ3) is 4.81. The standard InChI is InChI=1S/C10H17N5O3S/c11-9(16)5-1-2-7-14-19(17,18)8-4-3-6-13-10(8)15-12/h3-4,6,14H,1-2,5,7,12H2,(H2,11,16)(H,13,15). The molecule has 0 saturated carbocycles. The van der Waals surface area contributed by atoms with Crippen molar-refractivity contribution < 1.29 is 13.2 Å². The molecule has 0 aromatic carbocycles. The number of carbonyl (C=O) groups excluding carboxylic acids is 1. The summed E-state index contributed by atoms with van der Waals surface area (Å²) in [5.41, 5.74) is 7.21. The van der Waals surface area contributed by atoms with Crippen LogP contribution in [0.3, 0.4) is 0 Å². The van der Waals surface area contributed by atoms with Crippen LogP contribution in [0.5, 0.6) is 0 Å². The van der Waals surface area contributed by atoms with Gasteiger partial charge in [-0.1, -0.05) is 0 Å². The molecule has 0 aliphatic heterocycles. The van der Waals surface area contributed by atoms with Gasteiger partial charge in [0.05, 0.1) is 0 Å². The van der Waals surface area contributed by atoms with Crippen LogP contribution < -0.4 is 21.7 Å². The van der Waals surface area contributed by atoms with Crippen molar-refractivity contribution in [1.29, 1.82) is 0 Å². The average molecular weight is 287 g/mol. The number of hydrazine groups is 1. The number of rotatable bonds is 8. The number of carbonyl (C=O) groups is 1. The summed E-state index contributed by atoms with van der Waals surface area (Å²) in [6, 6.07) is 2.90. The van der Waals surface area contributed by atoms with Crippen LogP contribution >= 0.6 is 0 Å². The molecule has 1 aromatic heterocycles. The highest BCUT2D eigenvalue weighted by molar-refractivity contribution is 7.89. The summed E-state index contributed by atoms with van der Waals surface area (Å²) >= 11 is 0. The van der Waals surface area contributed by atoms with Crippen molar-refractivity contribution in [3.63, 3.8) is 0 Å². The molecule has 0 aliphatic rings. The van der Waals surface area contributed by atoms with Gasteiger partial charge in [0.2, 0.25) is 15.9 Å². The van der Waals surface area contributed by atoms with E-state index in [1.807, 2.05) is 0 Å². The molecule has 0 radical (unpaired) electrons. The van der Waals surface area contributed by atoms with Gasteiger partial charge >= 0.3 is 0 Å². The van der Waals surface area contributed by atoms with Crippen LogP contribution in [0.1, 0.15) is 19.3 Å². The molecule has 1 rings (SSSR count). The maximum Gasteiger partial charge on any atom is 0.244 e. The Morgan fingerprint density at radius 3 is 2.74 bits per heavy atom. The molecule has 1 heterocycles. The van der Waals surface area contributed by atoms with Crippen molar-refractivity contribution in [3.8, 4) is 0 Å². The second-order valence-electron chi connectivity index (χ2n) is 3.82. The molecule has 106 valence electrons. The van der Waals surface area contributed by atoms with Gasteiger partial charge in [-0.15, -0.1) is 0 Å². The molecule has 0 bridgehead atoms. The summed E-state index contributed by atoms with van der Waals surface area (Å²) in [5.74, 6) is 4.88. The maximum atomic E-state index is 12.0. The molecule has 0 aliphatic carbocycles. The smallest absolute Gasteiger partial charge is 0.244 e. The van der Waals surface area contributed by atoms with E-state index >= 15 is 0 Å². The van der Waals surface area contributed by atoms with Crippen LogP contribution in [0.2, 0.25) is 0 Å². The Kier molecular flexibility index (Phi) is 5.67. The first-order valence-electron chi connectivity index (χ1n) is 5.67. The molecule has 0 spiro atoms. The Hall–Kier alpha value is -1.71. The molecule has 0 atom stereocenters. The Bertz CT molecular complexity index is 532.